The van der Waals surface area contributed by atoms with Crippen LogP contribution >= 0.6 is 0 Å². The first-order chi connectivity index (χ1) is 14.4. The molecule has 1 fully saturated rings. The van der Waals surface area contributed by atoms with Crippen molar-refractivity contribution in [2.24, 2.45) is 16.6 Å². The Hall–Kier alpha value is -2.87. The lowest BCUT2D eigenvalue weighted by Crippen LogP contribution is -2.51. The van der Waals surface area contributed by atoms with E-state index in [1.165, 1.54) is 6.07 Å². The lowest BCUT2D eigenvalue weighted by molar-refractivity contribution is -0.0498. The van der Waals surface area contributed by atoms with Crippen molar-refractivity contribution in [1.82, 2.24) is 0 Å². The first-order valence-corrected chi connectivity index (χ1v) is 9.97. The molecule has 6 nitrogen and oxygen atoms in total. The molecule has 5 rings (SSSR count). The van der Waals surface area contributed by atoms with Crippen molar-refractivity contribution in [3.8, 4) is 22.6 Å². The van der Waals surface area contributed by atoms with E-state index in [-0.39, 0.29) is 30.4 Å². The largest absolute Gasteiger partial charge is 0.490 e. The Labute approximate surface area is 172 Å². The predicted molar refractivity (Wildman–Crippen MR) is 106 cm³/mol. The van der Waals surface area contributed by atoms with Crippen LogP contribution in [0.5, 0.6) is 11.5 Å². The van der Waals surface area contributed by atoms with E-state index in [0.717, 1.165) is 23.1 Å². The van der Waals surface area contributed by atoms with Gasteiger partial charge >= 0.3 is 6.61 Å². The zero-order chi connectivity index (χ0) is 20.9. The smallest absolute Gasteiger partial charge is 0.387 e. The lowest BCUT2D eigenvalue weighted by Gasteiger charge is -2.47. The first kappa shape index (κ1) is 19.1. The Morgan fingerprint density at radius 1 is 1.17 bits per heavy atom. The normalized spacial score (nSPS) is 29.6. The Bertz CT molecular complexity index is 999. The minimum Gasteiger partial charge on any atom is -0.490 e. The van der Waals surface area contributed by atoms with Gasteiger partial charge in [-0.1, -0.05) is 18.2 Å². The Balaban J connectivity index is 1.59. The molecule has 1 spiro atoms. The molecule has 30 heavy (non-hydrogen) atoms. The van der Waals surface area contributed by atoms with Crippen molar-refractivity contribution in [2.45, 2.75) is 43.6 Å². The summed E-state index contributed by atoms with van der Waals surface area (Å²) in [7, 11) is 0. The molecular formula is C22H22F2N2O4. The van der Waals surface area contributed by atoms with E-state index in [0.29, 0.717) is 18.6 Å². The van der Waals surface area contributed by atoms with E-state index in [9.17, 15) is 13.9 Å². The van der Waals surface area contributed by atoms with Gasteiger partial charge in [-0.3, -0.25) is 0 Å². The van der Waals surface area contributed by atoms with Crippen molar-refractivity contribution >= 4 is 6.02 Å². The number of aliphatic hydroxyl groups is 1. The molecular weight excluding hydrogens is 394 g/mol. The Morgan fingerprint density at radius 2 is 2.00 bits per heavy atom. The summed E-state index contributed by atoms with van der Waals surface area (Å²) in [6.07, 6.45) is 1.47. The number of halogens is 2. The lowest BCUT2D eigenvalue weighted by atomic mass is 9.67. The number of fused-ring (bicyclic) bond motifs is 4. The number of hydrogen-bond donors (Lipinski definition) is 2. The summed E-state index contributed by atoms with van der Waals surface area (Å²) in [4.78, 5) is 4.69. The number of ether oxygens (including phenoxy) is 3. The molecule has 158 valence electrons. The standard InChI is InChI=1S/C22H22F2N2O4/c23-20(24)29-15-3-1-2-12(8-15)13-4-6-18-16(9-13)22(11-28-21(25)26-22)17-10-14(27)5-7-19(17)30-18/h1-4,6,8-9,14,17,19-20,27H,5,7,10-11H2,(H2,25,26)/t14-,17?,19-,22?/m0/s1. The predicted octanol–water partition coefficient (Wildman–Crippen LogP) is 3.42. The van der Waals surface area contributed by atoms with Crippen LogP contribution in [-0.4, -0.2) is 36.6 Å². The molecule has 0 saturated heterocycles. The number of amidine groups is 1. The molecule has 2 unspecified atom stereocenters. The minimum absolute atomic E-state index is 0.0708. The molecule has 1 aliphatic carbocycles. The number of nitrogens with zero attached hydrogens (tertiary/aromatic N) is 1. The van der Waals surface area contributed by atoms with Gasteiger partial charge < -0.3 is 25.1 Å². The Kier molecular flexibility index (Phi) is 4.54. The van der Waals surface area contributed by atoms with Gasteiger partial charge in [0.15, 0.2) is 0 Å². The van der Waals surface area contributed by atoms with Crippen molar-refractivity contribution in [1.29, 1.82) is 0 Å². The SMILES string of the molecule is NC1=NC2(CO1)c1cc(-c3cccc(OC(F)F)c3)ccc1O[C@H]1CC[C@H](O)CC12. The van der Waals surface area contributed by atoms with Gasteiger partial charge in [-0.25, -0.2) is 4.99 Å². The number of rotatable bonds is 3. The average Bonchev–Trinajstić information content (AvgIpc) is 3.11. The van der Waals surface area contributed by atoms with Gasteiger partial charge in [0, 0.05) is 11.5 Å². The van der Waals surface area contributed by atoms with Gasteiger partial charge in [-0.15, -0.1) is 0 Å². The summed E-state index contributed by atoms with van der Waals surface area (Å²) < 4.78 is 41.6. The van der Waals surface area contributed by atoms with Gasteiger partial charge in [0.25, 0.3) is 6.02 Å². The fourth-order valence-electron chi connectivity index (χ4n) is 4.90. The van der Waals surface area contributed by atoms with Crippen molar-refractivity contribution in [2.75, 3.05) is 6.61 Å². The highest BCUT2D eigenvalue weighted by Crippen LogP contribution is 2.53. The van der Waals surface area contributed by atoms with Crippen LogP contribution in [0, 0.1) is 5.92 Å². The average molecular weight is 416 g/mol. The van der Waals surface area contributed by atoms with Crippen LogP contribution in [0.2, 0.25) is 0 Å². The maximum atomic E-state index is 12.6. The van der Waals surface area contributed by atoms with E-state index in [1.54, 1.807) is 12.1 Å². The highest BCUT2D eigenvalue weighted by Gasteiger charge is 2.55. The second kappa shape index (κ2) is 7.12. The topological polar surface area (TPSA) is 86.3 Å². The third-order valence-corrected chi connectivity index (χ3v) is 6.24. The first-order valence-electron chi connectivity index (χ1n) is 9.97. The van der Waals surface area contributed by atoms with E-state index in [2.05, 4.69) is 9.73 Å². The van der Waals surface area contributed by atoms with Gasteiger partial charge in [0.2, 0.25) is 0 Å². The molecule has 2 aliphatic heterocycles. The number of aliphatic hydroxyl groups excluding tert-OH is 1. The molecule has 0 aromatic heterocycles. The molecule has 1 saturated carbocycles. The highest BCUT2D eigenvalue weighted by atomic mass is 19.3. The second-order valence-electron chi connectivity index (χ2n) is 8.01. The number of nitrogens with two attached hydrogens (primary N) is 1. The van der Waals surface area contributed by atoms with E-state index in [4.69, 9.17) is 15.2 Å². The fraction of sp³-hybridized carbons (Fsp3) is 0.409. The van der Waals surface area contributed by atoms with Crippen LogP contribution in [-0.2, 0) is 10.3 Å². The molecule has 4 atom stereocenters. The number of alkyl halides is 2. The third kappa shape index (κ3) is 3.15. The Morgan fingerprint density at radius 3 is 2.77 bits per heavy atom. The molecule has 8 heteroatoms. The molecule has 3 aliphatic rings. The van der Waals surface area contributed by atoms with Crippen LogP contribution < -0.4 is 15.2 Å². The monoisotopic (exact) mass is 416 g/mol. The van der Waals surface area contributed by atoms with Crippen LogP contribution in [0.4, 0.5) is 8.78 Å². The summed E-state index contributed by atoms with van der Waals surface area (Å²) in [6.45, 7) is -2.61. The van der Waals surface area contributed by atoms with Gasteiger partial charge in [-0.2, -0.15) is 8.78 Å². The van der Waals surface area contributed by atoms with Gasteiger partial charge in [0.1, 0.15) is 29.7 Å². The summed E-state index contributed by atoms with van der Waals surface area (Å²) in [5, 5.41) is 10.3. The highest BCUT2D eigenvalue weighted by molar-refractivity contribution is 5.75. The van der Waals surface area contributed by atoms with E-state index in [1.807, 2.05) is 24.3 Å². The summed E-state index contributed by atoms with van der Waals surface area (Å²) in [5.74, 6) is 0.727. The third-order valence-electron chi connectivity index (χ3n) is 6.24. The van der Waals surface area contributed by atoms with Crippen molar-refractivity contribution in [3.63, 3.8) is 0 Å². The second-order valence-corrected chi connectivity index (χ2v) is 8.01. The molecule has 2 aromatic carbocycles. The van der Waals surface area contributed by atoms with Crippen molar-refractivity contribution < 1.29 is 28.1 Å². The molecule has 2 heterocycles. The number of aliphatic imine (C=N–C) groups is 1. The summed E-state index contributed by atoms with van der Waals surface area (Å²) in [5.41, 5.74) is 7.54. The molecule has 0 amide bonds. The van der Waals surface area contributed by atoms with Crippen LogP contribution in [0.3, 0.4) is 0 Å². The van der Waals surface area contributed by atoms with E-state index >= 15 is 0 Å². The van der Waals surface area contributed by atoms with Gasteiger partial charge in [-0.05, 0) is 54.7 Å². The van der Waals surface area contributed by atoms with E-state index < -0.39 is 18.3 Å². The van der Waals surface area contributed by atoms with Gasteiger partial charge in [0.05, 0.1) is 6.10 Å². The molecule has 0 bridgehead atoms. The summed E-state index contributed by atoms with van der Waals surface area (Å²) in [6, 6.07) is 12.4. The van der Waals surface area contributed by atoms with Crippen LogP contribution in [0.15, 0.2) is 47.5 Å². The zero-order valence-electron chi connectivity index (χ0n) is 16.1. The zero-order valence-corrected chi connectivity index (χ0v) is 16.1. The van der Waals surface area contributed by atoms with Crippen LogP contribution in [0.1, 0.15) is 24.8 Å². The maximum Gasteiger partial charge on any atom is 0.387 e. The van der Waals surface area contributed by atoms with Crippen LogP contribution in [0.25, 0.3) is 11.1 Å². The minimum atomic E-state index is -2.89. The number of hydrogen-bond acceptors (Lipinski definition) is 6. The summed E-state index contributed by atoms with van der Waals surface area (Å²) >= 11 is 0. The fourth-order valence-corrected chi connectivity index (χ4v) is 4.90. The number of benzene rings is 2. The quantitative estimate of drug-likeness (QED) is 0.801. The molecule has 3 N–H and O–H groups in total. The maximum absolute atomic E-state index is 12.6. The van der Waals surface area contributed by atoms with Crippen molar-refractivity contribution in [3.05, 3.63) is 48.0 Å². The molecule has 0 radical (unpaired) electrons. The molecule has 2 aromatic rings.